The molecule has 0 radical (unpaired) electrons. The molecule has 0 saturated carbocycles. The van der Waals surface area contributed by atoms with Gasteiger partial charge in [-0.1, -0.05) is 13.8 Å². The van der Waals surface area contributed by atoms with Gasteiger partial charge in [0.25, 0.3) is 0 Å². The van der Waals surface area contributed by atoms with Crippen LogP contribution < -0.4 is 5.32 Å². The van der Waals surface area contributed by atoms with Gasteiger partial charge in [-0.2, -0.15) is 0 Å². The molecule has 0 aromatic carbocycles. The Hall–Kier alpha value is -0.120. The second-order valence-corrected chi connectivity index (χ2v) is 5.84. The lowest BCUT2D eigenvalue weighted by Crippen LogP contribution is -2.41. The van der Waals surface area contributed by atoms with E-state index in [1.807, 2.05) is 0 Å². The molecule has 0 aromatic rings. The van der Waals surface area contributed by atoms with Gasteiger partial charge in [0.15, 0.2) is 0 Å². The van der Waals surface area contributed by atoms with Crippen molar-refractivity contribution in [2.24, 2.45) is 5.41 Å². The molecule has 16 heavy (non-hydrogen) atoms. The third kappa shape index (κ3) is 3.72. The van der Waals surface area contributed by atoms with E-state index in [0.717, 1.165) is 12.6 Å². The quantitative estimate of drug-likeness (QED) is 0.737. The standard InChI is InChI=1S/C13H29N3/c1-6-13(2,10-14-3)11-16-8-7-12(9-16)15(4)5/h12,14H,6-11H2,1-5H3. The van der Waals surface area contributed by atoms with Gasteiger partial charge in [-0.3, -0.25) is 0 Å². The Balaban J connectivity index is 2.42. The highest BCUT2D eigenvalue weighted by Gasteiger charge is 2.30. The van der Waals surface area contributed by atoms with Crippen molar-refractivity contribution in [2.75, 3.05) is 47.3 Å². The summed E-state index contributed by atoms with van der Waals surface area (Å²) >= 11 is 0. The molecule has 3 nitrogen and oxygen atoms in total. The third-order valence-corrected chi connectivity index (χ3v) is 4.04. The van der Waals surface area contributed by atoms with Gasteiger partial charge in [-0.05, 0) is 45.9 Å². The minimum atomic E-state index is 0.427. The van der Waals surface area contributed by atoms with Crippen molar-refractivity contribution >= 4 is 0 Å². The number of nitrogens with one attached hydrogen (secondary N) is 1. The van der Waals surface area contributed by atoms with E-state index in [-0.39, 0.29) is 0 Å². The number of nitrogens with zero attached hydrogens (tertiary/aromatic N) is 2. The van der Waals surface area contributed by atoms with E-state index in [1.54, 1.807) is 0 Å². The zero-order chi connectivity index (χ0) is 12.2. The van der Waals surface area contributed by atoms with Crippen LogP contribution in [0.5, 0.6) is 0 Å². The van der Waals surface area contributed by atoms with E-state index in [9.17, 15) is 0 Å². The molecule has 0 bridgehead atoms. The van der Waals surface area contributed by atoms with Crippen LogP contribution in [0.3, 0.4) is 0 Å². The summed E-state index contributed by atoms with van der Waals surface area (Å²) in [7, 11) is 6.45. The first kappa shape index (κ1) is 13.9. The van der Waals surface area contributed by atoms with Crippen molar-refractivity contribution < 1.29 is 0 Å². The fourth-order valence-corrected chi connectivity index (χ4v) is 2.64. The van der Waals surface area contributed by atoms with Crippen LogP contribution in [0, 0.1) is 5.41 Å². The van der Waals surface area contributed by atoms with Gasteiger partial charge in [-0.25, -0.2) is 0 Å². The number of likely N-dealkylation sites (N-methyl/N-ethyl adjacent to an activating group) is 1. The van der Waals surface area contributed by atoms with Crippen LogP contribution in [0.15, 0.2) is 0 Å². The Morgan fingerprint density at radius 1 is 1.44 bits per heavy atom. The summed E-state index contributed by atoms with van der Waals surface area (Å²) in [4.78, 5) is 4.99. The van der Waals surface area contributed by atoms with Crippen LogP contribution in [0.4, 0.5) is 0 Å². The normalized spacial score (nSPS) is 26.2. The Kier molecular flexibility index (Phi) is 5.22. The van der Waals surface area contributed by atoms with E-state index < -0.39 is 0 Å². The molecule has 1 fully saturated rings. The molecule has 96 valence electrons. The second kappa shape index (κ2) is 5.99. The summed E-state index contributed by atoms with van der Waals surface area (Å²) in [5.74, 6) is 0. The second-order valence-electron chi connectivity index (χ2n) is 5.84. The van der Waals surface area contributed by atoms with Crippen molar-refractivity contribution in [3.63, 3.8) is 0 Å². The van der Waals surface area contributed by atoms with Gasteiger partial charge < -0.3 is 15.1 Å². The molecule has 2 atom stereocenters. The Bertz CT molecular complexity index is 205. The van der Waals surface area contributed by atoms with Gasteiger partial charge in [0.1, 0.15) is 0 Å². The topological polar surface area (TPSA) is 18.5 Å². The van der Waals surface area contributed by atoms with E-state index in [0.29, 0.717) is 5.41 Å². The highest BCUT2D eigenvalue weighted by atomic mass is 15.2. The average Bonchev–Trinajstić information content (AvgIpc) is 2.66. The van der Waals surface area contributed by atoms with Crippen molar-refractivity contribution in [3.8, 4) is 0 Å². The molecule has 1 aliphatic rings. The van der Waals surface area contributed by atoms with Crippen LogP contribution >= 0.6 is 0 Å². The summed E-state index contributed by atoms with van der Waals surface area (Å²) < 4.78 is 0. The van der Waals surface area contributed by atoms with Crippen molar-refractivity contribution in [1.82, 2.24) is 15.1 Å². The van der Waals surface area contributed by atoms with E-state index in [4.69, 9.17) is 0 Å². The minimum Gasteiger partial charge on any atom is -0.319 e. The molecule has 0 amide bonds. The first-order valence-corrected chi connectivity index (χ1v) is 6.54. The van der Waals surface area contributed by atoms with Gasteiger partial charge in [-0.15, -0.1) is 0 Å². The zero-order valence-electron chi connectivity index (χ0n) is 11.7. The van der Waals surface area contributed by atoms with E-state index >= 15 is 0 Å². The number of hydrogen-bond acceptors (Lipinski definition) is 3. The predicted molar refractivity (Wildman–Crippen MR) is 70.9 cm³/mol. The molecule has 1 aliphatic heterocycles. The lowest BCUT2D eigenvalue weighted by Gasteiger charge is -2.33. The number of likely N-dealkylation sites (tertiary alicyclic amines) is 1. The summed E-state index contributed by atoms with van der Waals surface area (Å²) in [6.45, 7) is 9.55. The summed E-state index contributed by atoms with van der Waals surface area (Å²) in [5.41, 5.74) is 0.427. The number of hydrogen-bond donors (Lipinski definition) is 1. The molecular formula is C13H29N3. The molecule has 3 heteroatoms. The van der Waals surface area contributed by atoms with E-state index in [2.05, 4.69) is 50.1 Å². The monoisotopic (exact) mass is 227 g/mol. The number of rotatable bonds is 6. The Morgan fingerprint density at radius 3 is 2.56 bits per heavy atom. The molecule has 0 aliphatic carbocycles. The molecule has 1 N–H and O–H groups in total. The minimum absolute atomic E-state index is 0.427. The molecule has 1 heterocycles. The van der Waals surface area contributed by atoms with E-state index in [1.165, 1.54) is 32.5 Å². The Labute approximate surface area is 101 Å². The highest BCUT2D eigenvalue weighted by molar-refractivity contribution is 4.86. The van der Waals surface area contributed by atoms with Crippen LogP contribution in [0.1, 0.15) is 26.7 Å². The Morgan fingerprint density at radius 2 is 2.12 bits per heavy atom. The molecule has 1 rings (SSSR count). The largest absolute Gasteiger partial charge is 0.319 e. The van der Waals surface area contributed by atoms with Crippen LogP contribution in [0.2, 0.25) is 0 Å². The fraction of sp³-hybridized carbons (Fsp3) is 1.00. The average molecular weight is 227 g/mol. The van der Waals surface area contributed by atoms with Gasteiger partial charge in [0, 0.05) is 25.7 Å². The van der Waals surface area contributed by atoms with Crippen LogP contribution in [-0.2, 0) is 0 Å². The molecule has 0 aromatic heterocycles. The zero-order valence-corrected chi connectivity index (χ0v) is 11.7. The third-order valence-electron chi connectivity index (χ3n) is 4.04. The first-order chi connectivity index (χ1) is 7.50. The maximum Gasteiger partial charge on any atom is 0.0229 e. The lowest BCUT2D eigenvalue weighted by molar-refractivity contribution is 0.172. The molecule has 0 spiro atoms. The fourth-order valence-electron chi connectivity index (χ4n) is 2.64. The SMILES string of the molecule is CCC(C)(CNC)CN1CCC(N(C)C)C1. The van der Waals surface area contributed by atoms with Crippen LogP contribution in [0.25, 0.3) is 0 Å². The van der Waals surface area contributed by atoms with Crippen molar-refractivity contribution in [3.05, 3.63) is 0 Å². The van der Waals surface area contributed by atoms with Crippen molar-refractivity contribution in [1.29, 1.82) is 0 Å². The lowest BCUT2D eigenvalue weighted by atomic mass is 9.87. The maximum absolute atomic E-state index is 3.33. The molecule has 1 saturated heterocycles. The molecule has 2 unspecified atom stereocenters. The highest BCUT2D eigenvalue weighted by Crippen LogP contribution is 2.24. The van der Waals surface area contributed by atoms with Gasteiger partial charge >= 0.3 is 0 Å². The smallest absolute Gasteiger partial charge is 0.0229 e. The molecular weight excluding hydrogens is 198 g/mol. The maximum atomic E-state index is 3.33. The summed E-state index contributed by atoms with van der Waals surface area (Å²) in [5, 5.41) is 3.33. The summed E-state index contributed by atoms with van der Waals surface area (Å²) in [6, 6.07) is 0.760. The summed E-state index contributed by atoms with van der Waals surface area (Å²) in [6.07, 6.45) is 2.57. The van der Waals surface area contributed by atoms with Gasteiger partial charge in [0.05, 0.1) is 0 Å². The predicted octanol–water partition coefficient (Wildman–Crippen LogP) is 1.26. The van der Waals surface area contributed by atoms with Crippen LogP contribution in [-0.4, -0.2) is 63.2 Å². The van der Waals surface area contributed by atoms with Crippen molar-refractivity contribution in [2.45, 2.75) is 32.7 Å². The first-order valence-electron chi connectivity index (χ1n) is 6.54. The van der Waals surface area contributed by atoms with Gasteiger partial charge in [0.2, 0.25) is 0 Å².